The molecule has 0 radical (unpaired) electrons. The molecular formula is C17H16FN3O3. The van der Waals surface area contributed by atoms with Gasteiger partial charge < -0.3 is 14.8 Å². The van der Waals surface area contributed by atoms with Crippen LogP contribution in [0.4, 0.5) is 4.39 Å². The standard InChI is InChI=1S/C17H16FN3O3/c1-3-21-14-12(8-9-13(19-14)15(22)23)20-16(21)17(2,24)10-4-6-11(18)7-5-10/h4-9,24H,3H2,1-2H3,(H,22,23). The number of aliphatic hydroxyl groups is 1. The maximum atomic E-state index is 13.1. The van der Waals surface area contributed by atoms with Gasteiger partial charge in [0.25, 0.3) is 0 Å². The quantitative estimate of drug-likeness (QED) is 0.768. The van der Waals surface area contributed by atoms with E-state index in [1.165, 1.54) is 30.3 Å². The molecule has 0 fully saturated rings. The van der Waals surface area contributed by atoms with E-state index in [2.05, 4.69) is 9.97 Å². The van der Waals surface area contributed by atoms with Crippen molar-refractivity contribution in [2.24, 2.45) is 0 Å². The lowest BCUT2D eigenvalue weighted by Crippen LogP contribution is -2.27. The number of hydrogen-bond donors (Lipinski definition) is 2. The van der Waals surface area contributed by atoms with Crippen LogP contribution >= 0.6 is 0 Å². The Balaban J connectivity index is 2.21. The van der Waals surface area contributed by atoms with E-state index in [9.17, 15) is 14.3 Å². The third-order valence-corrected chi connectivity index (χ3v) is 3.97. The molecule has 24 heavy (non-hydrogen) atoms. The highest BCUT2D eigenvalue weighted by Crippen LogP contribution is 2.31. The summed E-state index contributed by atoms with van der Waals surface area (Å²) in [5.41, 5.74) is -0.222. The van der Waals surface area contributed by atoms with Gasteiger partial charge in [-0.05, 0) is 43.7 Å². The Morgan fingerprint density at radius 2 is 1.88 bits per heavy atom. The molecule has 7 heteroatoms. The number of hydrogen-bond acceptors (Lipinski definition) is 4. The zero-order chi connectivity index (χ0) is 17.5. The summed E-state index contributed by atoms with van der Waals surface area (Å²) in [5, 5.41) is 20.1. The van der Waals surface area contributed by atoms with Crippen LogP contribution in [0.1, 0.15) is 35.7 Å². The summed E-state index contributed by atoms with van der Waals surface area (Å²) < 4.78 is 14.8. The number of nitrogens with zero attached hydrogens (tertiary/aromatic N) is 3. The second kappa shape index (κ2) is 5.68. The summed E-state index contributed by atoms with van der Waals surface area (Å²) in [5.74, 6) is -1.21. The number of carbonyl (C=O) groups is 1. The van der Waals surface area contributed by atoms with Crippen LogP contribution in [0.25, 0.3) is 11.2 Å². The van der Waals surface area contributed by atoms with Crippen LogP contribution in [0.5, 0.6) is 0 Å². The predicted octanol–water partition coefficient (Wildman–Crippen LogP) is 2.54. The number of rotatable bonds is 4. The molecule has 1 unspecified atom stereocenters. The highest BCUT2D eigenvalue weighted by atomic mass is 19.1. The smallest absolute Gasteiger partial charge is 0.354 e. The summed E-state index contributed by atoms with van der Waals surface area (Å²) in [6.45, 7) is 3.85. The molecule has 0 aliphatic rings. The van der Waals surface area contributed by atoms with Crippen LogP contribution in [-0.4, -0.2) is 30.7 Å². The van der Waals surface area contributed by atoms with E-state index < -0.39 is 17.4 Å². The van der Waals surface area contributed by atoms with Gasteiger partial charge in [-0.2, -0.15) is 0 Å². The van der Waals surface area contributed by atoms with Gasteiger partial charge in [0, 0.05) is 6.54 Å². The third-order valence-electron chi connectivity index (χ3n) is 3.97. The molecule has 0 bridgehead atoms. The molecule has 0 saturated carbocycles. The van der Waals surface area contributed by atoms with Crippen molar-refractivity contribution < 1.29 is 19.4 Å². The number of benzene rings is 1. The minimum absolute atomic E-state index is 0.0925. The molecule has 0 saturated heterocycles. The maximum absolute atomic E-state index is 13.1. The fourth-order valence-electron chi connectivity index (χ4n) is 2.70. The van der Waals surface area contributed by atoms with Crippen molar-refractivity contribution in [2.45, 2.75) is 26.0 Å². The normalized spacial score (nSPS) is 13.8. The fraction of sp³-hybridized carbons (Fsp3) is 0.235. The van der Waals surface area contributed by atoms with Gasteiger partial charge in [0.2, 0.25) is 0 Å². The number of pyridine rings is 1. The van der Waals surface area contributed by atoms with Gasteiger partial charge in [-0.25, -0.2) is 19.2 Å². The molecule has 3 rings (SSSR count). The second-order valence-corrected chi connectivity index (χ2v) is 5.60. The van der Waals surface area contributed by atoms with E-state index >= 15 is 0 Å². The monoisotopic (exact) mass is 329 g/mol. The van der Waals surface area contributed by atoms with Crippen LogP contribution in [0.3, 0.4) is 0 Å². The van der Waals surface area contributed by atoms with Gasteiger partial charge in [-0.3, -0.25) is 0 Å². The Bertz CT molecular complexity index is 917. The Morgan fingerprint density at radius 1 is 1.21 bits per heavy atom. The Labute approximate surface area is 137 Å². The molecule has 2 heterocycles. The van der Waals surface area contributed by atoms with Crippen molar-refractivity contribution in [3.05, 3.63) is 59.3 Å². The van der Waals surface area contributed by atoms with Gasteiger partial charge in [-0.1, -0.05) is 12.1 Å². The topological polar surface area (TPSA) is 88.2 Å². The zero-order valence-electron chi connectivity index (χ0n) is 13.2. The van der Waals surface area contributed by atoms with Crippen molar-refractivity contribution in [2.75, 3.05) is 0 Å². The van der Waals surface area contributed by atoms with Crippen LogP contribution in [-0.2, 0) is 12.1 Å². The lowest BCUT2D eigenvalue weighted by molar-refractivity contribution is 0.0691. The number of carboxylic acid groups (broad SMARTS) is 1. The van der Waals surface area contributed by atoms with E-state index in [4.69, 9.17) is 5.11 Å². The average molecular weight is 329 g/mol. The molecule has 2 aromatic heterocycles. The van der Waals surface area contributed by atoms with Crippen LogP contribution in [0.15, 0.2) is 36.4 Å². The van der Waals surface area contributed by atoms with E-state index in [1.807, 2.05) is 6.92 Å². The first kappa shape index (κ1) is 16.1. The number of aromatic carboxylic acids is 1. The largest absolute Gasteiger partial charge is 0.477 e. The number of aryl methyl sites for hydroxylation is 1. The van der Waals surface area contributed by atoms with Crippen molar-refractivity contribution in [1.29, 1.82) is 0 Å². The van der Waals surface area contributed by atoms with Crippen LogP contribution in [0.2, 0.25) is 0 Å². The van der Waals surface area contributed by atoms with Crippen LogP contribution < -0.4 is 0 Å². The minimum atomic E-state index is -1.48. The lowest BCUT2D eigenvalue weighted by Gasteiger charge is -2.24. The summed E-state index contributed by atoms with van der Waals surface area (Å²) in [6, 6.07) is 8.44. The fourth-order valence-corrected chi connectivity index (χ4v) is 2.70. The van der Waals surface area contributed by atoms with Gasteiger partial charge in [0.15, 0.2) is 11.3 Å². The van der Waals surface area contributed by atoms with E-state index in [1.54, 1.807) is 17.6 Å². The van der Waals surface area contributed by atoms with E-state index in [0.717, 1.165) is 0 Å². The number of fused-ring (bicyclic) bond motifs is 1. The van der Waals surface area contributed by atoms with E-state index in [0.29, 0.717) is 29.1 Å². The Kier molecular flexibility index (Phi) is 3.81. The second-order valence-electron chi connectivity index (χ2n) is 5.60. The minimum Gasteiger partial charge on any atom is -0.477 e. The molecule has 124 valence electrons. The molecule has 1 atom stereocenters. The molecule has 1 aromatic carbocycles. The molecular weight excluding hydrogens is 313 g/mol. The van der Waals surface area contributed by atoms with Crippen molar-refractivity contribution in [1.82, 2.24) is 14.5 Å². The SMILES string of the molecule is CCn1c(C(C)(O)c2ccc(F)cc2)nc2ccc(C(=O)O)nc21. The van der Waals surface area contributed by atoms with Gasteiger partial charge in [0.05, 0.1) is 0 Å². The number of carboxylic acids is 1. The summed E-state index contributed by atoms with van der Waals surface area (Å²) in [7, 11) is 0. The van der Waals surface area contributed by atoms with Crippen molar-refractivity contribution in [3.63, 3.8) is 0 Å². The van der Waals surface area contributed by atoms with Crippen LogP contribution in [0, 0.1) is 5.82 Å². The average Bonchev–Trinajstić information content (AvgIpc) is 2.93. The van der Waals surface area contributed by atoms with Gasteiger partial charge in [0.1, 0.15) is 22.8 Å². The third kappa shape index (κ3) is 2.52. The zero-order valence-corrected chi connectivity index (χ0v) is 13.2. The molecule has 3 aromatic rings. The number of imidazole rings is 1. The maximum Gasteiger partial charge on any atom is 0.354 e. The molecule has 0 aliphatic heterocycles. The van der Waals surface area contributed by atoms with Gasteiger partial charge >= 0.3 is 5.97 Å². The van der Waals surface area contributed by atoms with E-state index in [-0.39, 0.29) is 5.69 Å². The molecule has 2 N–H and O–H groups in total. The first-order valence-electron chi connectivity index (χ1n) is 7.44. The number of halogens is 1. The first-order valence-corrected chi connectivity index (χ1v) is 7.44. The molecule has 6 nitrogen and oxygen atoms in total. The van der Waals surface area contributed by atoms with Crippen molar-refractivity contribution >= 4 is 17.1 Å². The highest BCUT2D eigenvalue weighted by molar-refractivity contribution is 5.88. The van der Waals surface area contributed by atoms with Gasteiger partial charge in [-0.15, -0.1) is 0 Å². The highest BCUT2D eigenvalue weighted by Gasteiger charge is 2.32. The molecule has 0 amide bonds. The Hall–Kier alpha value is -2.80. The first-order chi connectivity index (χ1) is 11.3. The van der Waals surface area contributed by atoms with Crippen molar-refractivity contribution in [3.8, 4) is 0 Å². The summed E-state index contributed by atoms with van der Waals surface area (Å²) in [6.07, 6.45) is 0. The summed E-state index contributed by atoms with van der Waals surface area (Å²) >= 11 is 0. The Morgan fingerprint density at radius 3 is 2.46 bits per heavy atom. The summed E-state index contributed by atoms with van der Waals surface area (Å²) in [4.78, 5) is 19.7. The molecule has 0 spiro atoms. The lowest BCUT2D eigenvalue weighted by atomic mass is 9.95. The predicted molar refractivity (Wildman–Crippen MR) is 85.2 cm³/mol. The molecule has 0 aliphatic carbocycles. The number of aromatic nitrogens is 3.